The third kappa shape index (κ3) is 3.89. The molecule has 0 radical (unpaired) electrons. The minimum Gasteiger partial charge on any atom is -0.497 e. The predicted octanol–water partition coefficient (Wildman–Crippen LogP) is 3.62. The summed E-state index contributed by atoms with van der Waals surface area (Å²) in [6.07, 6.45) is 3.96. The summed E-state index contributed by atoms with van der Waals surface area (Å²) in [6.45, 7) is 5.47. The van der Waals surface area contributed by atoms with E-state index in [-0.39, 0.29) is 0 Å². The van der Waals surface area contributed by atoms with E-state index in [2.05, 4.69) is 25.2 Å². The van der Waals surface area contributed by atoms with Gasteiger partial charge in [-0.3, -0.25) is 0 Å². The summed E-state index contributed by atoms with van der Waals surface area (Å²) in [6, 6.07) is 6.09. The van der Waals surface area contributed by atoms with Crippen LogP contribution < -0.4 is 14.8 Å². The van der Waals surface area contributed by atoms with Crippen LogP contribution in [0.1, 0.15) is 38.7 Å². The second-order valence-electron chi connectivity index (χ2n) is 6.16. The molecule has 0 spiro atoms. The fourth-order valence-electron chi connectivity index (χ4n) is 3.26. The van der Waals surface area contributed by atoms with Crippen molar-refractivity contribution < 1.29 is 9.47 Å². The Morgan fingerprint density at radius 3 is 2.45 bits per heavy atom. The lowest BCUT2D eigenvalue weighted by molar-refractivity contribution is 0.0997. The van der Waals surface area contributed by atoms with Crippen molar-refractivity contribution >= 4 is 0 Å². The highest BCUT2D eigenvalue weighted by Crippen LogP contribution is 2.33. The Morgan fingerprint density at radius 2 is 1.85 bits per heavy atom. The lowest BCUT2D eigenvalue weighted by Crippen LogP contribution is -2.29. The largest absolute Gasteiger partial charge is 0.497 e. The van der Waals surface area contributed by atoms with Gasteiger partial charge in [-0.1, -0.05) is 19.9 Å². The number of nitrogens with one attached hydrogen (secondary N) is 1. The van der Waals surface area contributed by atoms with Gasteiger partial charge < -0.3 is 14.8 Å². The quantitative estimate of drug-likeness (QED) is 0.891. The van der Waals surface area contributed by atoms with Crippen LogP contribution in [0.2, 0.25) is 0 Å². The average molecular weight is 277 g/mol. The normalized spacial score (nSPS) is 26.3. The van der Waals surface area contributed by atoms with Gasteiger partial charge >= 0.3 is 0 Å². The van der Waals surface area contributed by atoms with Crippen LogP contribution in [0.25, 0.3) is 0 Å². The average Bonchev–Trinajstić information content (AvgIpc) is 2.40. The molecule has 2 atom stereocenters. The molecule has 1 aromatic carbocycles. The van der Waals surface area contributed by atoms with E-state index < -0.39 is 0 Å². The topological polar surface area (TPSA) is 30.5 Å². The molecule has 20 heavy (non-hydrogen) atoms. The molecule has 112 valence electrons. The van der Waals surface area contributed by atoms with Crippen molar-refractivity contribution in [3.05, 3.63) is 23.8 Å². The van der Waals surface area contributed by atoms with Gasteiger partial charge in [0.1, 0.15) is 11.5 Å². The van der Waals surface area contributed by atoms with Gasteiger partial charge in [0.05, 0.1) is 13.2 Å². The number of methoxy groups -OCH3 is 1. The maximum atomic E-state index is 6.30. The molecule has 1 saturated carbocycles. The Labute approximate surface area is 122 Å². The monoisotopic (exact) mass is 277 g/mol. The molecule has 1 aliphatic rings. The van der Waals surface area contributed by atoms with E-state index in [9.17, 15) is 0 Å². The summed E-state index contributed by atoms with van der Waals surface area (Å²) >= 11 is 0. The van der Waals surface area contributed by atoms with Crippen LogP contribution in [0.3, 0.4) is 0 Å². The maximum absolute atomic E-state index is 6.30. The van der Waals surface area contributed by atoms with E-state index in [0.29, 0.717) is 6.10 Å². The highest BCUT2D eigenvalue weighted by atomic mass is 16.5. The van der Waals surface area contributed by atoms with Gasteiger partial charge in [0.2, 0.25) is 0 Å². The van der Waals surface area contributed by atoms with Crippen molar-refractivity contribution in [2.75, 3.05) is 14.2 Å². The SMILES string of the molecule is CNCc1ccc(OC)cc1OC1CC(C)CC(C)C1. The predicted molar refractivity (Wildman–Crippen MR) is 82.4 cm³/mol. The summed E-state index contributed by atoms with van der Waals surface area (Å²) in [4.78, 5) is 0. The Kier molecular flexibility index (Phi) is 5.30. The van der Waals surface area contributed by atoms with Gasteiger partial charge in [0.25, 0.3) is 0 Å². The van der Waals surface area contributed by atoms with Crippen molar-refractivity contribution in [3.63, 3.8) is 0 Å². The summed E-state index contributed by atoms with van der Waals surface area (Å²) in [5.41, 5.74) is 1.19. The van der Waals surface area contributed by atoms with Crippen LogP contribution in [0, 0.1) is 11.8 Å². The molecule has 3 heteroatoms. The molecule has 0 amide bonds. The standard InChI is InChI=1S/C17H27NO2/c1-12-7-13(2)9-16(8-12)20-17-10-15(19-4)6-5-14(17)11-18-3/h5-6,10,12-13,16,18H,7-9,11H2,1-4H3. The fourth-order valence-corrected chi connectivity index (χ4v) is 3.26. The van der Waals surface area contributed by atoms with E-state index in [4.69, 9.17) is 9.47 Å². The van der Waals surface area contributed by atoms with Crippen molar-refractivity contribution in [2.24, 2.45) is 11.8 Å². The molecule has 0 bridgehead atoms. The Morgan fingerprint density at radius 1 is 1.15 bits per heavy atom. The van der Waals surface area contributed by atoms with Gasteiger partial charge in [0, 0.05) is 18.2 Å². The van der Waals surface area contributed by atoms with E-state index in [1.165, 1.54) is 12.0 Å². The van der Waals surface area contributed by atoms with Gasteiger partial charge in [-0.2, -0.15) is 0 Å². The smallest absolute Gasteiger partial charge is 0.127 e. The van der Waals surface area contributed by atoms with Crippen LogP contribution in [0.5, 0.6) is 11.5 Å². The molecular formula is C17H27NO2. The molecule has 1 aromatic rings. The molecule has 1 N–H and O–H groups in total. The summed E-state index contributed by atoms with van der Waals surface area (Å²) in [7, 11) is 3.65. The molecule has 0 aromatic heterocycles. The van der Waals surface area contributed by atoms with Gasteiger partial charge in [-0.25, -0.2) is 0 Å². The van der Waals surface area contributed by atoms with Crippen LogP contribution in [-0.2, 0) is 6.54 Å². The van der Waals surface area contributed by atoms with Crippen LogP contribution in [-0.4, -0.2) is 20.3 Å². The first-order chi connectivity index (χ1) is 9.62. The molecular weight excluding hydrogens is 250 g/mol. The Hall–Kier alpha value is -1.22. The molecule has 3 nitrogen and oxygen atoms in total. The first-order valence-electron chi connectivity index (χ1n) is 7.60. The number of benzene rings is 1. The van der Waals surface area contributed by atoms with Crippen molar-refractivity contribution in [1.82, 2.24) is 5.32 Å². The van der Waals surface area contributed by atoms with E-state index in [1.807, 2.05) is 19.2 Å². The van der Waals surface area contributed by atoms with E-state index in [0.717, 1.165) is 42.7 Å². The second kappa shape index (κ2) is 6.98. The van der Waals surface area contributed by atoms with Crippen LogP contribution >= 0.6 is 0 Å². The zero-order valence-electron chi connectivity index (χ0n) is 13.1. The van der Waals surface area contributed by atoms with Gasteiger partial charge in [-0.05, 0) is 44.2 Å². The van der Waals surface area contributed by atoms with Gasteiger partial charge in [-0.15, -0.1) is 0 Å². The first-order valence-corrected chi connectivity index (χ1v) is 7.60. The number of rotatable bonds is 5. The molecule has 2 rings (SSSR count). The Balaban J connectivity index is 2.13. The highest BCUT2D eigenvalue weighted by molar-refractivity contribution is 5.40. The number of hydrogen-bond acceptors (Lipinski definition) is 3. The van der Waals surface area contributed by atoms with E-state index >= 15 is 0 Å². The van der Waals surface area contributed by atoms with Crippen molar-refractivity contribution in [3.8, 4) is 11.5 Å². The Bertz CT molecular complexity index is 423. The van der Waals surface area contributed by atoms with Crippen LogP contribution in [0.15, 0.2) is 18.2 Å². The third-order valence-corrected chi connectivity index (χ3v) is 4.07. The number of hydrogen-bond donors (Lipinski definition) is 1. The third-order valence-electron chi connectivity index (χ3n) is 4.07. The molecule has 1 fully saturated rings. The maximum Gasteiger partial charge on any atom is 0.127 e. The highest BCUT2D eigenvalue weighted by Gasteiger charge is 2.25. The lowest BCUT2D eigenvalue weighted by Gasteiger charge is -2.32. The molecule has 0 saturated heterocycles. The van der Waals surface area contributed by atoms with Crippen molar-refractivity contribution in [1.29, 1.82) is 0 Å². The minimum atomic E-state index is 0.330. The lowest BCUT2D eigenvalue weighted by atomic mass is 9.82. The minimum absolute atomic E-state index is 0.330. The summed E-state index contributed by atoms with van der Waals surface area (Å²) in [5.74, 6) is 3.32. The molecule has 0 heterocycles. The molecule has 0 aliphatic heterocycles. The molecule has 1 aliphatic carbocycles. The molecule has 2 unspecified atom stereocenters. The van der Waals surface area contributed by atoms with E-state index in [1.54, 1.807) is 7.11 Å². The van der Waals surface area contributed by atoms with Gasteiger partial charge in [0.15, 0.2) is 0 Å². The summed E-state index contributed by atoms with van der Waals surface area (Å²) < 4.78 is 11.6. The first kappa shape index (κ1) is 15.2. The summed E-state index contributed by atoms with van der Waals surface area (Å²) in [5, 5.41) is 3.20. The number of ether oxygens (including phenoxy) is 2. The zero-order valence-corrected chi connectivity index (χ0v) is 13.1. The fraction of sp³-hybridized carbons (Fsp3) is 0.647. The second-order valence-corrected chi connectivity index (χ2v) is 6.16. The van der Waals surface area contributed by atoms with Crippen molar-refractivity contribution in [2.45, 2.75) is 45.8 Å². The van der Waals surface area contributed by atoms with Crippen LogP contribution in [0.4, 0.5) is 0 Å². The zero-order chi connectivity index (χ0) is 14.5.